The molecule has 0 saturated carbocycles. The van der Waals surface area contributed by atoms with Crippen LogP contribution in [-0.2, 0) is 50.9 Å². The van der Waals surface area contributed by atoms with E-state index in [1.165, 1.54) is 0 Å². The van der Waals surface area contributed by atoms with Crippen LogP contribution < -0.4 is 0 Å². The van der Waals surface area contributed by atoms with E-state index in [0.29, 0.717) is 0 Å². The molecule has 4 heavy (non-hydrogen) atoms. The fraction of sp³-hybridized carbons (Fsp3) is 0. The van der Waals surface area contributed by atoms with Crippen molar-refractivity contribution in [2.24, 2.45) is 0 Å². The molecule has 0 aliphatic carbocycles. The topological polar surface area (TPSA) is 0 Å². The van der Waals surface area contributed by atoms with Gasteiger partial charge in [-0.3, -0.25) is 0 Å². The molecule has 4 heteroatoms. The molecule has 0 fully saturated rings. The Bertz CT molecular complexity index is 8.00. The van der Waals surface area contributed by atoms with E-state index in [2.05, 4.69) is 0 Å². The second kappa shape index (κ2) is 18.1. The maximum atomic E-state index is 0. The zero-order chi connectivity index (χ0) is 0. The second-order valence-electron chi connectivity index (χ2n) is 0. The Morgan fingerprint density at radius 3 is 1.00 bits per heavy atom. The Kier molecular flexibility index (Phi) is 145. The van der Waals surface area contributed by atoms with Gasteiger partial charge >= 0.3 is 0 Å². The Balaban J connectivity index is 0. The van der Waals surface area contributed by atoms with Crippen LogP contribution in [0.5, 0.6) is 0 Å². The third-order valence-corrected chi connectivity index (χ3v) is 0. The summed E-state index contributed by atoms with van der Waals surface area (Å²) in [4.78, 5) is 0. The van der Waals surface area contributed by atoms with Crippen molar-refractivity contribution in [2.45, 2.75) is 0 Å². The number of hydrogen-bond acceptors (Lipinski definition) is 0. The molecule has 0 saturated heterocycles. The number of rotatable bonds is 0. The first-order chi connectivity index (χ1) is 0. The molecule has 0 unspecified atom stereocenters. The standard InChI is InChI=1S/Bi.Cr.Fe.Ni. The largest absolute Gasteiger partial charge is 0 e. The van der Waals surface area contributed by atoms with Crippen molar-refractivity contribution in [3.63, 3.8) is 0 Å². The van der Waals surface area contributed by atoms with Gasteiger partial charge in [0.2, 0.25) is 0 Å². The second-order valence-corrected chi connectivity index (χ2v) is 0. The molecular formula is BiCrFeNi. The third kappa shape index (κ3) is 8.83. The summed E-state index contributed by atoms with van der Waals surface area (Å²) in [5.41, 5.74) is 0. The summed E-state index contributed by atoms with van der Waals surface area (Å²) in [6.45, 7) is 0. The normalized spacial score (nSPS) is 0. The predicted molar refractivity (Wildman–Crippen MR) is 5.75 cm³/mol. The van der Waals surface area contributed by atoms with Crippen LogP contribution in [0, 0.1) is 0 Å². The van der Waals surface area contributed by atoms with E-state index >= 15 is 0 Å². The Hall–Kier alpha value is 2.43. The van der Waals surface area contributed by atoms with Crippen LogP contribution in [0.25, 0.3) is 0 Å². The van der Waals surface area contributed by atoms with E-state index in [9.17, 15) is 0 Å². The molecule has 0 heterocycles. The van der Waals surface area contributed by atoms with Crippen molar-refractivity contribution in [3.05, 3.63) is 0 Å². The van der Waals surface area contributed by atoms with E-state index in [-0.39, 0.29) is 77.1 Å². The molecule has 29 valence electrons. The van der Waals surface area contributed by atoms with E-state index in [4.69, 9.17) is 0 Å². The Labute approximate surface area is 76.1 Å². The first-order valence-electron chi connectivity index (χ1n) is 0. The molecule has 0 bridgehead atoms. The maximum absolute atomic E-state index is 0. The fourth-order valence-corrected chi connectivity index (χ4v) is 0. The SMILES string of the molecule is [Bi].[Cr].[Fe].[Ni]. The van der Waals surface area contributed by atoms with Gasteiger partial charge in [0.25, 0.3) is 0 Å². The van der Waals surface area contributed by atoms with Gasteiger partial charge in [-0.1, -0.05) is 0 Å². The molecule has 0 nitrogen and oxygen atoms in total. The number of hydrogen-bond donors (Lipinski definition) is 0. The van der Waals surface area contributed by atoms with Gasteiger partial charge in [0.05, 0.1) is 0 Å². The summed E-state index contributed by atoms with van der Waals surface area (Å²) in [5.74, 6) is 0. The van der Waals surface area contributed by atoms with Gasteiger partial charge in [0.15, 0.2) is 0 Å². The minimum absolute atomic E-state index is 0. The molecule has 3 radical (unpaired) electrons. The predicted octanol–water partition coefficient (Wildman–Crippen LogP) is -0.388. The first kappa shape index (κ1) is 32.1. The third-order valence-electron chi connectivity index (χ3n) is 0. The van der Waals surface area contributed by atoms with Crippen LogP contribution in [0.1, 0.15) is 0 Å². The van der Waals surface area contributed by atoms with E-state index in [1.54, 1.807) is 0 Å². The summed E-state index contributed by atoms with van der Waals surface area (Å²) in [6, 6.07) is 0. The molecule has 0 aromatic carbocycles. The summed E-state index contributed by atoms with van der Waals surface area (Å²) in [7, 11) is 0. The molecule has 0 atom stereocenters. The quantitative estimate of drug-likeness (QED) is 0.506. The minimum Gasteiger partial charge on any atom is 0 e. The van der Waals surface area contributed by atoms with Gasteiger partial charge in [-0.05, 0) is 0 Å². The van der Waals surface area contributed by atoms with Crippen LogP contribution in [0.4, 0.5) is 0 Å². The van der Waals surface area contributed by atoms with Crippen LogP contribution >= 0.6 is 0 Å². The molecule has 0 spiro atoms. The van der Waals surface area contributed by atoms with Gasteiger partial charge in [-0.15, -0.1) is 0 Å². The summed E-state index contributed by atoms with van der Waals surface area (Å²) in [6.07, 6.45) is 0. The Morgan fingerprint density at radius 1 is 1.00 bits per heavy atom. The molecule has 0 amide bonds. The van der Waals surface area contributed by atoms with Gasteiger partial charge in [-0.25, -0.2) is 0 Å². The fourth-order valence-electron chi connectivity index (χ4n) is 0. The van der Waals surface area contributed by atoms with Crippen molar-refractivity contribution in [2.75, 3.05) is 0 Å². The zero-order valence-electron chi connectivity index (χ0n) is 1.53. The average molecular weight is 376 g/mol. The summed E-state index contributed by atoms with van der Waals surface area (Å²) >= 11 is 0. The molecule has 0 rings (SSSR count). The van der Waals surface area contributed by atoms with E-state index in [0.717, 1.165) is 0 Å². The van der Waals surface area contributed by atoms with Gasteiger partial charge < -0.3 is 0 Å². The summed E-state index contributed by atoms with van der Waals surface area (Å²) in [5, 5.41) is 0. The Morgan fingerprint density at radius 2 is 1.00 bits per heavy atom. The molecule has 0 aromatic rings. The van der Waals surface area contributed by atoms with Crippen molar-refractivity contribution in [3.8, 4) is 0 Å². The molecule has 0 aliphatic rings. The smallest absolute Gasteiger partial charge is 0 e. The molecule has 0 aromatic heterocycles. The zero-order valence-corrected chi connectivity index (χ0v) is 8.37. The van der Waals surface area contributed by atoms with E-state index in [1.807, 2.05) is 0 Å². The van der Waals surface area contributed by atoms with Crippen LogP contribution in [-0.4, -0.2) is 26.2 Å². The van der Waals surface area contributed by atoms with Crippen molar-refractivity contribution in [1.82, 2.24) is 0 Å². The maximum Gasteiger partial charge on any atom is 0 e. The molecule has 0 N–H and O–H groups in total. The van der Waals surface area contributed by atoms with Gasteiger partial charge in [0, 0.05) is 77.1 Å². The van der Waals surface area contributed by atoms with Crippen LogP contribution in [0.15, 0.2) is 0 Å². The van der Waals surface area contributed by atoms with Crippen molar-refractivity contribution in [1.29, 1.82) is 0 Å². The molecule has 0 aliphatic heterocycles. The van der Waals surface area contributed by atoms with Crippen molar-refractivity contribution < 1.29 is 50.9 Å². The van der Waals surface area contributed by atoms with Gasteiger partial charge in [0.1, 0.15) is 0 Å². The minimum atomic E-state index is 0. The monoisotopic (exact) mass is 375 g/mol. The van der Waals surface area contributed by atoms with E-state index < -0.39 is 0 Å². The first-order valence-corrected chi connectivity index (χ1v) is 0. The van der Waals surface area contributed by atoms with Crippen LogP contribution in [0.2, 0.25) is 0 Å². The average Bonchev–Trinajstić information content (AvgIpc) is 0. The van der Waals surface area contributed by atoms with Crippen molar-refractivity contribution >= 4 is 26.2 Å². The van der Waals surface area contributed by atoms with Gasteiger partial charge in [-0.2, -0.15) is 0 Å². The van der Waals surface area contributed by atoms with Crippen LogP contribution in [0.3, 0.4) is 0 Å². The molecular weight excluding hydrogens is 376 g/mol. The summed E-state index contributed by atoms with van der Waals surface area (Å²) < 4.78 is 0.